The summed E-state index contributed by atoms with van der Waals surface area (Å²) in [4.78, 5) is 23.3. The van der Waals surface area contributed by atoms with Gasteiger partial charge in [0, 0.05) is 11.6 Å². The fraction of sp³-hybridized carbons (Fsp3) is 0.235. The molecular weight excluding hydrogens is 312 g/mol. The first kappa shape index (κ1) is 17.1. The third-order valence-corrected chi connectivity index (χ3v) is 3.35. The van der Waals surface area contributed by atoms with Gasteiger partial charge in [-0.15, -0.1) is 0 Å². The number of nitriles is 1. The van der Waals surface area contributed by atoms with Crippen molar-refractivity contribution in [2.75, 3.05) is 19.5 Å². The smallest absolute Gasteiger partial charge is 0.336 e. The van der Waals surface area contributed by atoms with E-state index in [1.807, 2.05) is 6.07 Å². The van der Waals surface area contributed by atoms with Crippen LogP contribution in [-0.2, 0) is 14.3 Å². The molecular formula is C17H16N2O5. The van der Waals surface area contributed by atoms with Gasteiger partial charge in [-0.2, -0.15) is 5.26 Å². The second kappa shape index (κ2) is 7.33. The zero-order chi connectivity index (χ0) is 17.7. The number of hydrogen-bond acceptors (Lipinski definition) is 7. The Labute approximate surface area is 138 Å². The van der Waals surface area contributed by atoms with Crippen LogP contribution in [0.2, 0.25) is 0 Å². The lowest BCUT2D eigenvalue weighted by molar-refractivity contribution is -0.144. The van der Waals surface area contributed by atoms with Crippen molar-refractivity contribution >= 4 is 17.6 Å². The summed E-state index contributed by atoms with van der Waals surface area (Å²) < 4.78 is 15.3. The number of ether oxygens (including phenoxy) is 2. The Bertz CT molecular complexity index is 786. The van der Waals surface area contributed by atoms with Crippen LogP contribution in [-0.4, -0.2) is 32.0 Å². The van der Waals surface area contributed by atoms with Crippen molar-refractivity contribution in [3.8, 4) is 23.1 Å². The molecule has 0 radical (unpaired) electrons. The molecule has 0 spiro atoms. The molecule has 1 N–H and O–H groups in total. The number of esters is 1. The Kier molecular flexibility index (Phi) is 5.22. The molecule has 124 valence electrons. The maximum Gasteiger partial charge on any atom is 0.336 e. The number of furan rings is 1. The number of carbonyl (C=O) groups excluding carboxylic acids is 2. The van der Waals surface area contributed by atoms with Crippen molar-refractivity contribution in [3.63, 3.8) is 0 Å². The molecule has 7 heteroatoms. The second-order valence-corrected chi connectivity index (χ2v) is 4.90. The van der Waals surface area contributed by atoms with E-state index < -0.39 is 17.8 Å². The molecule has 7 nitrogen and oxygen atoms in total. The molecule has 1 aromatic carbocycles. The van der Waals surface area contributed by atoms with Crippen LogP contribution in [0.3, 0.4) is 0 Å². The van der Waals surface area contributed by atoms with E-state index in [2.05, 4.69) is 10.1 Å². The first-order valence-electron chi connectivity index (χ1n) is 7.03. The maximum absolute atomic E-state index is 11.7. The quantitative estimate of drug-likeness (QED) is 0.641. The van der Waals surface area contributed by atoms with E-state index in [0.717, 1.165) is 5.56 Å². The largest absolute Gasteiger partial charge is 0.497 e. The highest BCUT2D eigenvalue weighted by atomic mass is 16.5. The van der Waals surface area contributed by atoms with E-state index in [0.29, 0.717) is 11.5 Å². The fourth-order valence-corrected chi connectivity index (χ4v) is 2.05. The number of benzene rings is 1. The summed E-state index contributed by atoms with van der Waals surface area (Å²) >= 11 is 0. The van der Waals surface area contributed by atoms with E-state index in [-0.39, 0.29) is 11.4 Å². The fourth-order valence-electron chi connectivity index (χ4n) is 2.05. The van der Waals surface area contributed by atoms with Gasteiger partial charge in [-0.1, -0.05) is 0 Å². The summed E-state index contributed by atoms with van der Waals surface area (Å²) in [5, 5.41) is 11.9. The average Bonchev–Trinajstić information content (AvgIpc) is 3.01. The first-order valence-corrected chi connectivity index (χ1v) is 7.03. The number of rotatable bonds is 6. The van der Waals surface area contributed by atoms with Crippen LogP contribution in [0.5, 0.6) is 5.75 Å². The van der Waals surface area contributed by atoms with Crippen LogP contribution >= 0.6 is 0 Å². The number of hydrogen-bond donors (Lipinski definition) is 1. The lowest BCUT2D eigenvalue weighted by atomic mass is 10.1. The van der Waals surface area contributed by atoms with Gasteiger partial charge in [-0.05, 0) is 31.2 Å². The van der Waals surface area contributed by atoms with Crippen LogP contribution in [0, 0.1) is 11.3 Å². The van der Waals surface area contributed by atoms with E-state index in [4.69, 9.17) is 9.15 Å². The molecule has 0 amide bonds. The third-order valence-electron chi connectivity index (χ3n) is 3.35. The average molecular weight is 328 g/mol. The van der Waals surface area contributed by atoms with Crippen molar-refractivity contribution in [2.45, 2.75) is 13.0 Å². The lowest BCUT2D eigenvalue weighted by Gasteiger charge is -2.12. The Morgan fingerprint density at radius 3 is 2.42 bits per heavy atom. The van der Waals surface area contributed by atoms with E-state index in [1.165, 1.54) is 20.1 Å². The number of anilines is 1. The van der Waals surface area contributed by atoms with Crippen LogP contribution in [0.4, 0.5) is 5.88 Å². The second-order valence-electron chi connectivity index (χ2n) is 4.90. The van der Waals surface area contributed by atoms with E-state index in [1.54, 1.807) is 31.4 Å². The topological polar surface area (TPSA) is 102 Å². The molecule has 2 aromatic rings. The van der Waals surface area contributed by atoms with Gasteiger partial charge in [0.15, 0.2) is 11.8 Å². The molecule has 0 bridgehead atoms. The zero-order valence-electron chi connectivity index (χ0n) is 13.5. The van der Waals surface area contributed by atoms with E-state index in [9.17, 15) is 14.9 Å². The van der Waals surface area contributed by atoms with Crippen LogP contribution in [0.25, 0.3) is 11.3 Å². The predicted octanol–water partition coefficient (Wildman–Crippen LogP) is 2.37. The van der Waals surface area contributed by atoms with Crippen molar-refractivity contribution in [1.82, 2.24) is 0 Å². The summed E-state index contributed by atoms with van der Waals surface area (Å²) in [5.74, 6) is -0.0637. The summed E-state index contributed by atoms with van der Waals surface area (Å²) in [5.41, 5.74) is 0.897. The van der Waals surface area contributed by atoms with Gasteiger partial charge >= 0.3 is 5.97 Å². The summed E-state index contributed by atoms with van der Waals surface area (Å²) in [6.45, 7) is 1.24. The van der Waals surface area contributed by atoms with Gasteiger partial charge in [0.05, 0.1) is 14.2 Å². The minimum atomic E-state index is -1.24. The summed E-state index contributed by atoms with van der Waals surface area (Å²) in [7, 11) is 2.74. The molecule has 1 atom stereocenters. The third kappa shape index (κ3) is 3.55. The Balaban J connectivity index is 2.34. The highest BCUT2D eigenvalue weighted by Crippen LogP contribution is 2.30. The molecule has 2 rings (SSSR count). The minimum Gasteiger partial charge on any atom is -0.497 e. The number of Topliss-reactive ketones (excluding diaryl/α,β-unsaturated/α-hetero) is 1. The molecule has 1 aromatic heterocycles. The molecule has 0 saturated carbocycles. The summed E-state index contributed by atoms with van der Waals surface area (Å²) in [6.07, 6.45) is 0. The molecule has 0 fully saturated rings. The van der Waals surface area contributed by atoms with Gasteiger partial charge in [-0.25, -0.2) is 4.79 Å². The SMILES string of the molecule is COC(=O)C(Nc1oc(-c2ccc(OC)cc2)cc1C#N)C(C)=O. The van der Waals surface area contributed by atoms with Crippen molar-refractivity contribution in [2.24, 2.45) is 0 Å². The molecule has 1 unspecified atom stereocenters. The highest BCUT2D eigenvalue weighted by molar-refractivity contribution is 6.04. The Morgan fingerprint density at radius 2 is 1.92 bits per heavy atom. The first-order chi connectivity index (χ1) is 11.5. The number of nitrogens with zero attached hydrogens (tertiary/aromatic N) is 1. The molecule has 24 heavy (non-hydrogen) atoms. The molecule has 1 heterocycles. The number of ketones is 1. The van der Waals surface area contributed by atoms with Crippen molar-refractivity contribution in [3.05, 3.63) is 35.9 Å². The monoisotopic (exact) mass is 328 g/mol. The Morgan fingerprint density at radius 1 is 1.25 bits per heavy atom. The standard InChI is InChI=1S/C17H16N2O5/c1-10(20)15(17(21)23-3)19-16-12(9-18)8-14(24-16)11-4-6-13(22-2)7-5-11/h4-8,15,19H,1-3H3. The van der Waals surface area contributed by atoms with Gasteiger partial charge < -0.3 is 19.2 Å². The zero-order valence-corrected chi connectivity index (χ0v) is 13.5. The number of nitrogens with one attached hydrogen (secondary N) is 1. The predicted molar refractivity (Wildman–Crippen MR) is 85.5 cm³/mol. The van der Waals surface area contributed by atoms with Gasteiger partial charge in [0.25, 0.3) is 0 Å². The molecule has 0 aliphatic rings. The van der Waals surface area contributed by atoms with E-state index >= 15 is 0 Å². The number of methoxy groups -OCH3 is 2. The van der Waals surface area contributed by atoms with Gasteiger partial charge in [0.1, 0.15) is 23.1 Å². The normalized spacial score (nSPS) is 11.2. The number of carbonyl (C=O) groups is 2. The molecule has 0 aliphatic heterocycles. The Hall–Kier alpha value is -3.27. The highest BCUT2D eigenvalue weighted by Gasteiger charge is 2.27. The summed E-state index contributed by atoms with van der Waals surface area (Å²) in [6, 6.07) is 9.30. The minimum absolute atomic E-state index is 0.0360. The van der Waals surface area contributed by atoms with Gasteiger partial charge in [0.2, 0.25) is 5.88 Å². The van der Waals surface area contributed by atoms with Crippen molar-refractivity contribution < 1.29 is 23.5 Å². The lowest BCUT2D eigenvalue weighted by Crippen LogP contribution is -2.37. The molecule has 0 saturated heterocycles. The maximum atomic E-state index is 11.7. The van der Waals surface area contributed by atoms with Crippen LogP contribution in [0.15, 0.2) is 34.7 Å². The van der Waals surface area contributed by atoms with Crippen LogP contribution in [0.1, 0.15) is 12.5 Å². The van der Waals surface area contributed by atoms with Crippen molar-refractivity contribution in [1.29, 1.82) is 5.26 Å². The molecule has 0 aliphatic carbocycles. The van der Waals surface area contributed by atoms with Crippen LogP contribution < -0.4 is 10.1 Å². The van der Waals surface area contributed by atoms with Gasteiger partial charge in [-0.3, -0.25) is 4.79 Å².